The monoisotopic (exact) mass is 266 g/mol. The Morgan fingerprint density at radius 2 is 2.33 bits per heavy atom. The molecule has 2 rings (SSSR count). The van der Waals surface area contributed by atoms with E-state index in [1.165, 1.54) is 11.8 Å². The first-order valence-corrected chi connectivity index (χ1v) is 6.47. The molecule has 1 aromatic rings. The van der Waals surface area contributed by atoms with Crippen molar-refractivity contribution < 1.29 is 14.3 Å². The number of fused-ring (bicyclic) bond motifs is 1. The van der Waals surface area contributed by atoms with Crippen molar-refractivity contribution in [3.8, 4) is 5.75 Å². The fourth-order valence-corrected chi connectivity index (χ4v) is 2.89. The van der Waals surface area contributed by atoms with Crippen molar-refractivity contribution in [3.05, 3.63) is 12.1 Å². The van der Waals surface area contributed by atoms with Gasteiger partial charge < -0.3 is 15.4 Å². The molecule has 96 valence electrons. The number of hydrogen-bond donors (Lipinski definition) is 2. The Bertz CT molecular complexity index is 490. The molecular weight excluding hydrogens is 252 g/mol. The maximum Gasteiger partial charge on any atom is 0.237 e. The lowest BCUT2D eigenvalue weighted by molar-refractivity contribution is -0.115. The molecule has 1 heterocycles. The molecule has 6 heteroatoms. The van der Waals surface area contributed by atoms with Crippen molar-refractivity contribution in [3.63, 3.8) is 0 Å². The van der Waals surface area contributed by atoms with Crippen molar-refractivity contribution in [1.29, 1.82) is 0 Å². The highest BCUT2D eigenvalue weighted by Gasteiger charge is 2.27. The molecule has 1 unspecified atom stereocenters. The third-order valence-electron chi connectivity index (χ3n) is 2.71. The van der Waals surface area contributed by atoms with Crippen LogP contribution in [0, 0.1) is 0 Å². The summed E-state index contributed by atoms with van der Waals surface area (Å²) < 4.78 is 5.18. The predicted molar refractivity (Wildman–Crippen MR) is 71.2 cm³/mol. The van der Waals surface area contributed by atoms with Gasteiger partial charge in [-0.05, 0) is 12.5 Å². The zero-order valence-corrected chi connectivity index (χ0v) is 11.0. The van der Waals surface area contributed by atoms with Gasteiger partial charge in [-0.25, -0.2) is 0 Å². The smallest absolute Gasteiger partial charge is 0.237 e. The molecule has 0 radical (unpaired) electrons. The molecule has 18 heavy (non-hydrogen) atoms. The highest BCUT2D eigenvalue weighted by molar-refractivity contribution is 8.01. The summed E-state index contributed by atoms with van der Waals surface area (Å²) in [5.41, 5.74) is 1.19. The number of hydrogen-bond acceptors (Lipinski definition) is 4. The Morgan fingerprint density at radius 3 is 2.94 bits per heavy atom. The fourth-order valence-electron chi connectivity index (χ4n) is 1.79. The topological polar surface area (TPSA) is 67.4 Å². The first-order chi connectivity index (χ1) is 8.69. The molecule has 2 amide bonds. The number of methoxy groups -OCH3 is 1. The van der Waals surface area contributed by atoms with Gasteiger partial charge in [-0.2, -0.15) is 0 Å². The van der Waals surface area contributed by atoms with Crippen LogP contribution in [-0.4, -0.2) is 24.7 Å². The second kappa shape index (κ2) is 5.30. The predicted octanol–water partition coefficient (Wildman–Crippen LogP) is 2.09. The van der Waals surface area contributed by atoms with Crippen LogP contribution in [-0.2, 0) is 9.59 Å². The molecular formula is C12H14N2O3S. The van der Waals surface area contributed by atoms with Crippen LogP contribution in [0.3, 0.4) is 0 Å². The minimum Gasteiger partial charge on any atom is -0.497 e. The van der Waals surface area contributed by atoms with Gasteiger partial charge in [0.1, 0.15) is 5.75 Å². The number of carbonyl (C=O) groups excluding carboxylic acids is 2. The number of anilines is 2. The van der Waals surface area contributed by atoms with Crippen LogP contribution >= 0.6 is 11.8 Å². The zero-order chi connectivity index (χ0) is 13.1. The first kappa shape index (κ1) is 12.8. The van der Waals surface area contributed by atoms with E-state index in [9.17, 15) is 9.59 Å². The van der Waals surface area contributed by atoms with E-state index >= 15 is 0 Å². The number of rotatable bonds is 4. The second-order valence-corrected chi connectivity index (χ2v) is 5.06. The van der Waals surface area contributed by atoms with E-state index in [1.54, 1.807) is 13.2 Å². The second-order valence-electron chi connectivity index (χ2n) is 3.81. The summed E-state index contributed by atoms with van der Waals surface area (Å²) >= 11 is 1.49. The Labute approximate surface area is 109 Å². The van der Waals surface area contributed by atoms with E-state index in [0.29, 0.717) is 23.5 Å². The molecule has 1 aliphatic heterocycles. The van der Waals surface area contributed by atoms with Gasteiger partial charge in [0.2, 0.25) is 12.3 Å². The number of ether oxygens (including phenoxy) is 1. The molecule has 0 aromatic heterocycles. The maximum absolute atomic E-state index is 11.8. The van der Waals surface area contributed by atoms with Gasteiger partial charge in [-0.15, -0.1) is 11.8 Å². The van der Waals surface area contributed by atoms with Gasteiger partial charge in [-0.3, -0.25) is 9.59 Å². The van der Waals surface area contributed by atoms with E-state index in [2.05, 4.69) is 10.6 Å². The van der Waals surface area contributed by atoms with Crippen LogP contribution in [0.5, 0.6) is 5.75 Å². The van der Waals surface area contributed by atoms with Crippen LogP contribution in [0.2, 0.25) is 0 Å². The summed E-state index contributed by atoms with van der Waals surface area (Å²) in [6, 6.07) is 3.54. The third kappa shape index (κ3) is 2.28. The quantitative estimate of drug-likeness (QED) is 0.819. The van der Waals surface area contributed by atoms with Crippen molar-refractivity contribution in [2.75, 3.05) is 17.7 Å². The molecule has 5 nitrogen and oxygen atoms in total. The van der Waals surface area contributed by atoms with Gasteiger partial charge in [0.15, 0.2) is 0 Å². The molecule has 1 aromatic carbocycles. The van der Waals surface area contributed by atoms with Crippen molar-refractivity contribution >= 4 is 35.5 Å². The number of thioether (sulfide) groups is 1. The van der Waals surface area contributed by atoms with Crippen molar-refractivity contribution in [2.45, 2.75) is 23.5 Å². The lowest BCUT2D eigenvalue weighted by Crippen LogP contribution is -2.29. The Balaban J connectivity index is 2.46. The summed E-state index contributed by atoms with van der Waals surface area (Å²) in [6.07, 6.45) is 1.33. The summed E-state index contributed by atoms with van der Waals surface area (Å²) in [5, 5.41) is 5.30. The standard InChI is InChI=1S/C12H14N2O3S/c1-3-9-12(16)14-11-8(13-6-15)4-7(17-2)5-10(11)18-9/h4-6,9H,3H2,1-2H3,(H,13,15)(H,14,16). The fraction of sp³-hybridized carbons (Fsp3) is 0.333. The van der Waals surface area contributed by atoms with Crippen LogP contribution in [0.4, 0.5) is 11.4 Å². The highest BCUT2D eigenvalue weighted by atomic mass is 32.2. The minimum atomic E-state index is -0.103. The largest absolute Gasteiger partial charge is 0.497 e. The van der Waals surface area contributed by atoms with Crippen molar-refractivity contribution in [2.24, 2.45) is 0 Å². The van der Waals surface area contributed by atoms with Crippen LogP contribution in [0.15, 0.2) is 17.0 Å². The molecule has 0 fully saturated rings. The number of nitrogens with one attached hydrogen (secondary N) is 2. The molecule has 0 aliphatic carbocycles. The number of amides is 2. The van der Waals surface area contributed by atoms with E-state index in [-0.39, 0.29) is 11.2 Å². The molecule has 1 atom stereocenters. The minimum absolute atomic E-state index is 0.0332. The van der Waals surface area contributed by atoms with Gasteiger partial charge in [0.25, 0.3) is 0 Å². The molecule has 1 aliphatic rings. The Kier molecular flexibility index (Phi) is 3.76. The van der Waals surface area contributed by atoms with Crippen LogP contribution in [0.1, 0.15) is 13.3 Å². The van der Waals surface area contributed by atoms with E-state index in [0.717, 1.165) is 11.3 Å². The first-order valence-electron chi connectivity index (χ1n) is 5.59. The average molecular weight is 266 g/mol. The lowest BCUT2D eigenvalue weighted by Gasteiger charge is -2.25. The molecule has 0 spiro atoms. The lowest BCUT2D eigenvalue weighted by atomic mass is 10.2. The third-order valence-corrected chi connectivity index (χ3v) is 4.11. The molecule has 0 saturated carbocycles. The highest BCUT2D eigenvalue weighted by Crippen LogP contribution is 2.43. The van der Waals surface area contributed by atoms with Crippen LogP contribution in [0.25, 0.3) is 0 Å². The normalized spacial score (nSPS) is 17.7. The van der Waals surface area contributed by atoms with Gasteiger partial charge >= 0.3 is 0 Å². The summed E-state index contributed by atoms with van der Waals surface area (Å²) in [5.74, 6) is 0.616. The molecule has 2 N–H and O–H groups in total. The number of benzene rings is 1. The average Bonchev–Trinajstić information content (AvgIpc) is 2.38. The summed E-state index contributed by atoms with van der Waals surface area (Å²) in [4.78, 5) is 23.3. The zero-order valence-electron chi connectivity index (χ0n) is 10.1. The van der Waals surface area contributed by atoms with Crippen molar-refractivity contribution in [1.82, 2.24) is 0 Å². The summed E-state index contributed by atoms with van der Waals surface area (Å²) in [7, 11) is 1.57. The molecule has 0 bridgehead atoms. The molecule has 0 saturated heterocycles. The van der Waals surface area contributed by atoms with E-state index in [4.69, 9.17) is 4.74 Å². The SMILES string of the molecule is CCC1Sc2cc(OC)cc(NC=O)c2NC1=O. The van der Waals surface area contributed by atoms with E-state index in [1.807, 2.05) is 13.0 Å². The van der Waals surface area contributed by atoms with E-state index < -0.39 is 0 Å². The maximum atomic E-state index is 11.8. The number of carbonyl (C=O) groups is 2. The Hall–Kier alpha value is -1.69. The van der Waals surface area contributed by atoms with Gasteiger partial charge in [-0.1, -0.05) is 6.92 Å². The van der Waals surface area contributed by atoms with Crippen LogP contribution < -0.4 is 15.4 Å². The summed E-state index contributed by atoms with van der Waals surface area (Å²) in [6.45, 7) is 1.97. The van der Waals surface area contributed by atoms with Gasteiger partial charge in [0.05, 0.1) is 23.7 Å². The Morgan fingerprint density at radius 1 is 1.56 bits per heavy atom. The van der Waals surface area contributed by atoms with Gasteiger partial charge in [0, 0.05) is 11.0 Å².